The van der Waals surface area contributed by atoms with E-state index in [2.05, 4.69) is 15.7 Å². The Hall–Kier alpha value is -2.71. The van der Waals surface area contributed by atoms with E-state index < -0.39 is 0 Å². The van der Waals surface area contributed by atoms with Crippen molar-refractivity contribution in [2.24, 2.45) is 0 Å². The van der Waals surface area contributed by atoms with Gasteiger partial charge < -0.3 is 15.4 Å². The molecule has 0 radical (unpaired) electrons. The highest BCUT2D eigenvalue weighted by molar-refractivity contribution is 7.80. The van der Waals surface area contributed by atoms with Crippen molar-refractivity contribution in [3.8, 4) is 5.69 Å². The Morgan fingerprint density at radius 1 is 1.19 bits per heavy atom. The summed E-state index contributed by atoms with van der Waals surface area (Å²) in [4.78, 5) is 13.8. The van der Waals surface area contributed by atoms with Crippen molar-refractivity contribution in [2.45, 2.75) is 45.1 Å². The number of hydrogen-bond acceptors (Lipinski definition) is 5. The lowest BCUT2D eigenvalue weighted by Crippen LogP contribution is -2.28. The van der Waals surface area contributed by atoms with Crippen LogP contribution in [0.15, 0.2) is 42.7 Å². The summed E-state index contributed by atoms with van der Waals surface area (Å²) in [6, 6.07) is 10.0. The number of thiocarbonyl (C=S) groups is 1. The number of carbonyl (C=O) groups is 1. The number of fused-ring (bicyclic) bond motifs is 1. The third-order valence-corrected chi connectivity index (χ3v) is 6.90. The summed E-state index contributed by atoms with van der Waals surface area (Å²) in [5, 5.41) is 12.0. The molecule has 0 saturated carbocycles. The summed E-state index contributed by atoms with van der Waals surface area (Å²) in [6.45, 7) is 0.587. The molecule has 1 aliphatic rings. The highest BCUT2D eigenvalue weighted by Gasteiger charge is 2.25. The summed E-state index contributed by atoms with van der Waals surface area (Å²) in [6.07, 6.45) is 10.3. The second kappa shape index (κ2) is 10.1. The van der Waals surface area contributed by atoms with Gasteiger partial charge in [0.2, 0.25) is 0 Å². The Morgan fingerprint density at radius 2 is 1.97 bits per heavy atom. The largest absolute Gasteiger partial charge is 0.465 e. The molecule has 0 spiro atoms. The van der Waals surface area contributed by atoms with Crippen LogP contribution in [0.4, 0.5) is 5.00 Å². The van der Waals surface area contributed by atoms with E-state index in [1.165, 1.54) is 24.8 Å². The van der Waals surface area contributed by atoms with Gasteiger partial charge in [-0.05, 0) is 67.2 Å². The maximum absolute atomic E-state index is 12.5. The molecule has 0 saturated heterocycles. The van der Waals surface area contributed by atoms with Crippen LogP contribution < -0.4 is 10.6 Å². The van der Waals surface area contributed by atoms with Crippen LogP contribution in [0.3, 0.4) is 0 Å². The van der Waals surface area contributed by atoms with Gasteiger partial charge in [-0.3, -0.25) is 0 Å². The Labute approximate surface area is 191 Å². The first-order valence-electron chi connectivity index (χ1n) is 10.5. The van der Waals surface area contributed by atoms with Gasteiger partial charge in [-0.25, -0.2) is 9.48 Å². The number of aromatic nitrogens is 2. The van der Waals surface area contributed by atoms with E-state index in [1.807, 2.05) is 41.2 Å². The first kappa shape index (κ1) is 21.5. The third-order valence-electron chi connectivity index (χ3n) is 5.45. The molecule has 162 valence electrons. The van der Waals surface area contributed by atoms with Gasteiger partial charge >= 0.3 is 5.97 Å². The highest BCUT2D eigenvalue weighted by atomic mass is 32.1. The quantitative estimate of drug-likeness (QED) is 0.424. The molecule has 0 aliphatic heterocycles. The molecule has 2 heterocycles. The van der Waals surface area contributed by atoms with Crippen LogP contribution in [-0.4, -0.2) is 28.0 Å². The summed E-state index contributed by atoms with van der Waals surface area (Å²) >= 11 is 7.15. The fourth-order valence-corrected chi connectivity index (χ4v) is 5.36. The molecule has 2 aromatic heterocycles. The number of anilines is 1. The maximum Gasteiger partial charge on any atom is 0.341 e. The van der Waals surface area contributed by atoms with Gasteiger partial charge in [0.1, 0.15) is 5.00 Å². The Bertz CT molecular complexity index is 1040. The minimum atomic E-state index is -0.294. The van der Waals surface area contributed by atoms with Crippen LogP contribution in [0.5, 0.6) is 0 Å². The van der Waals surface area contributed by atoms with Crippen LogP contribution in [0.1, 0.15) is 52.0 Å². The molecular formula is C23H26N4O2S2. The molecule has 2 N–H and O–H groups in total. The predicted molar refractivity (Wildman–Crippen MR) is 128 cm³/mol. The summed E-state index contributed by atoms with van der Waals surface area (Å²) in [5.74, 6) is -0.294. The zero-order valence-electron chi connectivity index (χ0n) is 17.5. The molecule has 0 fully saturated rings. The molecule has 0 atom stereocenters. The average molecular weight is 455 g/mol. The van der Waals surface area contributed by atoms with Crippen molar-refractivity contribution in [1.82, 2.24) is 15.1 Å². The van der Waals surface area contributed by atoms with Crippen LogP contribution in [-0.2, 0) is 24.1 Å². The van der Waals surface area contributed by atoms with Crippen molar-refractivity contribution in [1.29, 1.82) is 0 Å². The number of benzene rings is 1. The van der Waals surface area contributed by atoms with Gasteiger partial charge in [0.15, 0.2) is 5.11 Å². The number of rotatable bonds is 5. The number of nitrogens with one attached hydrogen (secondary N) is 2. The van der Waals surface area contributed by atoms with Crippen molar-refractivity contribution >= 4 is 39.6 Å². The molecule has 31 heavy (non-hydrogen) atoms. The number of hydrogen-bond donors (Lipinski definition) is 2. The van der Waals surface area contributed by atoms with E-state index in [-0.39, 0.29) is 5.97 Å². The molecular weight excluding hydrogens is 428 g/mol. The standard InChI is InChI=1S/C23H26N4O2S2/c1-29-22(28)20-18-7-4-2-3-5-8-19(18)31-21(20)26-23(30)24-15-16-9-11-17(12-10-16)27-14-6-13-25-27/h6,9-14H,2-5,7-8,15H2,1H3,(H2,24,26,30). The Kier molecular flexibility index (Phi) is 6.99. The Morgan fingerprint density at radius 3 is 2.68 bits per heavy atom. The van der Waals surface area contributed by atoms with Crippen LogP contribution in [0, 0.1) is 0 Å². The molecule has 0 amide bonds. The fourth-order valence-electron chi connectivity index (χ4n) is 3.84. The van der Waals surface area contributed by atoms with E-state index in [4.69, 9.17) is 17.0 Å². The van der Waals surface area contributed by atoms with E-state index >= 15 is 0 Å². The molecule has 1 aromatic carbocycles. The summed E-state index contributed by atoms with van der Waals surface area (Å²) in [7, 11) is 1.43. The average Bonchev–Trinajstić information content (AvgIpc) is 3.41. The van der Waals surface area contributed by atoms with E-state index in [0.717, 1.165) is 47.5 Å². The monoisotopic (exact) mass is 454 g/mol. The molecule has 0 bridgehead atoms. The van der Waals surface area contributed by atoms with Gasteiger partial charge in [0, 0.05) is 23.8 Å². The normalized spacial score (nSPS) is 13.6. The lowest BCUT2D eigenvalue weighted by Gasteiger charge is -2.12. The van der Waals surface area contributed by atoms with Crippen molar-refractivity contribution < 1.29 is 9.53 Å². The number of aryl methyl sites for hydroxylation is 1. The van der Waals surface area contributed by atoms with Crippen molar-refractivity contribution in [2.75, 3.05) is 12.4 Å². The van der Waals surface area contributed by atoms with Crippen molar-refractivity contribution in [3.05, 3.63) is 64.3 Å². The maximum atomic E-state index is 12.5. The molecule has 1 aliphatic carbocycles. The second-order valence-electron chi connectivity index (χ2n) is 7.54. The SMILES string of the molecule is COC(=O)c1c(NC(=S)NCc2ccc(-n3cccn3)cc2)sc2c1CCCCCC2. The molecule has 8 heteroatoms. The number of carbonyl (C=O) groups excluding carboxylic acids is 1. The lowest BCUT2D eigenvalue weighted by atomic mass is 9.96. The van der Waals surface area contributed by atoms with Crippen molar-refractivity contribution in [3.63, 3.8) is 0 Å². The van der Waals surface area contributed by atoms with Gasteiger partial charge in [-0.15, -0.1) is 11.3 Å². The molecule has 4 rings (SSSR count). The van der Waals surface area contributed by atoms with E-state index in [1.54, 1.807) is 17.5 Å². The van der Waals surface area contributed by atoms with E-state index in [9.17, 15) is 4.79 Å². The minimum Gasteiger partial charge on any atom is -0.465 e. The predicted octanol–water partition coefficient (Wildman–Crippen LogP) is 4.87. The molecule has 0 unspecified atom stereocenters. The van der Waals surface area contributed by atoms with Crippen LogP contribution in [0.25, 0.3) is 5.69 Å². The minimum absolute atomic E-state index is 0.294. The molecule has 6 nitrogen and oxygen atoms in total. The van der Waals surface area contributed by atoms with Gasteiger partial charge in [-0.1, -0.05) is 25.0 Å². The van der Waals surface area contributed by atoms with Crippen LogP contribution in [0.2, 0.25) is 0 Å². The van der Waals surface area contributed by atoms with Gasteiger partial charge in [0.05, 0.1) is 18.4 Å². The zero-order chi connectivity index (χ0) is 21.6. The number of esters is 1. The van der Waals surface area contributed by atoms with Gasteiger partial charge in [-0.2, -0.15) is 5.10 Å². The lowest BCUT2D eigenvalue weighted by molar-refractivity contribution is 0.0601. The van der Waals surface area contributed by atoms with E-state index in [0.29, 0.717) is 17.2 Å². The Balaban J connectivity index is 1.43. The highest BCUT2D eigenvalue weighted by Crippen LogP contribution is 2.37. The number of thiophene rings is 1. The summed E-state index contributed by atoms with van der Waals surface area (Å²) in [5.41, 5.74) is 3.90. The number of ether oxygens (including phenoxy) is 1. The number of nitrogens with zero attached hydrogens (tertiary/aromatic N) is 2. The fraction of sp³-hybridized carbons (Fsp3) is 0.348. The smallest absolute Gasteiger partial charge is 0.341 e. The summed E-state index contributed by atoms with van der Waals surface area (Å²) < 4.78 is 6.90. The first-order valence-corrected chi connectivity index (χ1v) is 11.7. The number of methoxy groups -OCH3 is 1. The topological polar surface area (TPSA) is 68.2 Å². The third kappa shape index (κ3) is 5.14. The second-order valence-corrected chi connectivity index (χ2v) is 9.05. The van der Waals surface area contributed by atoms with Gasteiger partial charge in [0.25, 0.3) is 0 Å². The molecule has 3 aromatic rings. The zero-order valence-corrected chi connectivity index (χ0v) is 19.2. The van der Waals surface area contributed by atoms with Crippen LogP contribution >= 0.6 is 23.6 Å². The first-order chi connectivity index (χ1) is 15.2.